The Morgan fingerprint density at radius 1 is 1.04 bits per heavy atom. The highest BCUT2D eigenvalue weighted by molar-refractivity contribution is 6.32. The molecule has 0 spiro atoms. The number of carbonyl (C=O) groups is 5. The molecule has 4 aliphatic rings. The number of benzene rings is 2. The molecule has 6 N–H and O–H groups in total. The summed E-state index contributed by atoms with van der Waals surface area (Å²) in [5, 5.41) is 38.0. The number of ketones is 4. The third-order valence-electron chi connectivity index (χ3n) is 10.2. The highest BCUT2D eigenvalue weighted by atomic mass is 16.3. The van der Waals surface area contributed by atoms with E-state index < -0.39 is 70.5 Å². The Bertz CT molecular complexity index is 1570. The summed E-state index contributed by atoms with van der Waals surface area (Å²) in [5.41, 5.74) is 4.20. The Morgan fingerprint density at radius 2 is 1.71 bits per heavy atom. The van der Waals surface area contributed by atoms with Gasteiger partial charge in [0.25, 0.3) is 0 Å². The van der Waals surface area contributed by atoms with E-state index in [9.17, 15) is 39.3 Å². The third kappa shape index (κ3) is 4.87. The van der Waals surface area contributed by atoms with Gasteiger partial charge in [0.1, 0.15) is 5.75 Å². The van der Waals surface area contributed by atoms with Crippen LogP contribution in [0.1, 0.15) is 34.3 Å². The summed E-state index contributed by atoms with van der Waals surface area (Å²) in [5.74, 6) is -12.5. The first-order valence-electron chi connectivity index (χ1n) is 15.3. The number of aliphatic hydroxyl groups is 2. The van der Waals surface area contributed by atoms with E-state index in [2.05, 4.69) is 22.3 Å². The van der Waals surface area contributed by atoms with Crippen LogP contribution in [0.15, 0.2) is 42.5 Å². The Labute approximate surface area is 260 Å². The number of phenols is 1. The Hall–Kier alpha value is -3.97. The van der Waals surface area contributed by atoms with Crippen molar-refractivity contribution in [1.82, 2.24) is 9.80 Å². The summed E-state index contributed by atoms with van der Waals surface area (Å²) < 4.78 is 0. The van der Waals surface area contributed by atoms with Gasteiger partial charge in [-0.15, -0.1) is 0 Å². The topological polar surface area (TPSA) is 191 Å². The number of primary amides is 1. The lowest BCUT2D eigenvalue weighted by atomic mass is 9.51. The number of carbonyl (C=O) groups excluding carboxylic acids is 5. The zero-order chi connectivity index (χ0) is 32.4. The van der Waals surface area contributed by atoms with E-state index in [1.165, 1.54) is 24.6 Å². The monoisotopic (exact) mass is 618 g/mol. The molecule has 6 rings (SSSR count). The van der Waals surface area contributed by atoms with Crippen molar-refractivity contribution in [1.29, 1.82) is 0 Å². The maximum Gasteiger partial charge on any atom is 0.235 e. The van der Waals surface area contributed by atoms with Gasteiger partial charge in [0.2, 0.25) is 5.91 Å². The number of piperidine rings is 1. The van der Waals surface area contributed by atoms with Crippen LogP contribution in [0.25, 0.3) is 0 Å². The molecular weight excluding hydrogens is 580 g/mol. The molecule has 3 aliphatic carbocycles. The summed E-state index contributed by atoms with van der Waals surface area (Å²) in [6.07, 6.45) is -0.0463. The summed E-state index contributed by atoms with van der Waals surface area (Å²) in [6, 6.07) is 12.2. The average Bonchev–Trinajstić information content (AvgIpc) is 3.00. The molecule has 1 amide bonds. The molecule has 45 heavy (non-hydrogen) atoms. The number of hydrogen-bond acceptors (Lipinski definition) is 11. The van der Waals surface area contributed by atoms with Crippen LogP contribution in [0, 0.1) is 23.7 Å². The third-order valence-corrected chi connectivity index (χ3v) is 10.2. The minimum atomic E-state index is -3.00. The normalized spacial score (nSPS) is 32.2. The van der Waals surface area contributed by atoms with Crippen LogP contribution in [0.5, 0.6) is 5.75 Å². The molecule has 0 bridgehead atoms. The van der Waals surface area contributed by atoms with E-state index >= 15 is 0 Å². The van der Waals surface area contributed by atoms with Crippen LogP contribution in [0.3, 0.4) is 0 Å². The van der Waals surface area contributed by atoms with Gasteiger partial charge in [-0.1, -0.05) is 36.4 Å². The molecule has 0 aromatic heterocycles. The number of nitrogens with one attached hydrogen (secondary N) is 1. The SMILES string of the molecule is CN(C)[C@@H]1C(=O)C(C(N)=O)C(=O)[C@@]2(O)C(=O)C3C(=O)c4c(ccc(NC5CCN(Cc6ccccc6)CC5)c4O)C[C@H]3[C@H](O)[C@@H]12. The number of phenolic OH excluding ortho intramolecular Hbond substituents is 1. The highest BCUT2D eigenvalue weighted by Crippen LogP contribution is 2.51. The van der Waals surface area contributed by atoms with Crippen LogP contribution in [-0.4, -0.2) is 105 Å². The molecule has 2 saturated carbocycles. The number of anilines is 1. The predicted octanol–water partition coefficient (Wildman–Crippen LogP) is -0.0857. The molecule has 12 nitrogen and oxygen atoms in total. The average molecular weight is 619 g/mol. The van der Waals surface area contributed by atoms with Gasteiger partial charge in [-0.25, -0.2) is 0 Å². The van der Waals surface area contributed by atoms with E-state index in [-0.39, 0.29) is 23.8 Å². The molecule has 2 aromatic carbocycles. The first kappa shape index (κ1) is 31.0. The minimum absolute atomic E-state index is 0.0152. The molecule has 1 heterocycles. The van der Waals surface area contributed by atoms with Crippen molar-refractivity contribution in [3.63, 3.8) is 0 Å². The van der Waals surface area contributed by atoms with Gasteiger partial charge in [-0.3, -0.25) is 33.8 Å². The van der Waals surface area contributed by atoms with E-state index in [1.807, 2.05) is 18.2 Å². The van der Waals surface area contributed by atoms with Crippen molar-refractivity contribution >= 4 is 34.7 Å². The van der Waals surface area contributed by atoms with Crippen molar-refractivity contribution in [2.75, 3.05) is 32.5 Å². The van der Waals surface area contributed by atoms with Gasteiger partial charge in [-0.05, 0) is 50.6 Å². The van der Waals surface area contributed by atoms with Gasteiger partial charge in [0.15, 0.2) is 34.7 Å². The standard InChI is InChI=1S/C33H38N4O8/c1-36(2)25-24-26(38)19-14-17-8-9-20(35-18-10-12-37(13-11-18)15-16-6-4-3-5-7-16)27(39)21(17)28(40)22(19)30(42)33(24,45)31(43)23(29(25)41)32(34)44/h3-9,18-19,22-26,35,38-39,45H,10-15H2,1-2H3,(H2,34,44)/t19-,22?,23?,24-,25+,26+,33+/m1/s1. The van der Waals surface area contributed by atoms with Gasteiger partial charge >= 0.3 is 0 Å². The fraction of sp³-hybridized carbons (Fsp3) is 0.485. The van der Waals surface area contributed by atoms with Gasteiger partial charge < -0.3 is 26.4 Å². The van der Waals surface area contributed by atoms with Crippen LogP contribution in [-0.2, 0) is 32.1 Å². The number of fused-ring (bicyclic) bond motifs is 3. The van der Waals surface area contributed by atoms with Crippen molar-refractivity contribution < 1.29 is 39.3 Å². The number of rotatable bonds is 6. The van der Waals surface area contributed by atoms with Crippen molar-refractivity contribution in [2.24, 2.45) is 29.4 Å². The lowest BCUT2D eigenvalue weighted by Crippen LogP contribution is -2.77. The fourth-order valence-electron chi connectivity index (χ4n) is 8.00. The summed E-state index contributed by atoms with van der Waals surface area (Å²) in [6.45, 7) is 2.52. The van der Waals surface area contributed by atoms with Gasteiger partial charge in [0, 0.05) is 31.6 Å². The number of aliphatic hydroxyl groups excluding tert-OH is 1. The van der Waals surface area contributed by atoms with Crippen molar-refractivity contribution in [3.05, 3.63) is 59.2 Å². The first-order valence-corrected chi connectivity index (χ1v) is 15.3. The van der Waals surface area contributed by atoms with Crippen LogP contribution in [0.2, 0.25) is 0 Å². The number of nitrogens with zero attached hydrogens (tertiary/aromatic N) is 2. The molecule has 12 heteroatoms. The second-order valence-electron chi connectivity index (χ2n) is 13.0. The molecule has 0 radical (unpaired) electrons. The van der Waals surface area contributed by atoms with Crippen LogP contribution < -0.4 is 11.1 Å². The lowest BCUT2D eigenvalue weighted by Gasteiger charge is -2.54. The smallest absolute Gasteiger partial charge is 0.235 e. The molecule has 1 saturated heterocycles. The quantitative estimate of drug-likeness (QED) is 0.215. The van der Waals surface area contributed by atoms with Gasteiger partial charge in [0.05, 0.1) is 35.2 Å². The minimum Gasteiger partial charge on any atom is -0.505 e. The highest BCUT2D eigenvalue weighted by Gasteiger charge is 2.72. The van der Waals surface area contributed by atoms with Crippen LogP contribution in [0.4, 0.5) is 5.69 Å². The van der Waals surface area contributed by atoms with Crippen molar-refractivity contribution in [3.8, 4) is 5.75 Å². The molecule has 2 unspecified atom stereocenters. The predicted molar refractivity (Wildman–Crippen MR) is 161 cm³/mol. The summed E-state index contributed by atoms with van der Waals surface area (Å²) in [4.78, 5) is 70.5. The van der Waals surface area contributed by atoms with Crippen molar-refractivity contribution in [2.45, 2.75) is 49.6 Å². The molecule has 3 fully saturated rings. The van der Waals surface area contributed by atoms with E-state index in [0.717, 1.165) is 32.5 Å². The molecule has 7 atom stereocenters. The summed E-state index contributed by atoms with van der Waals surface area (Å²) >= 11 is 0. The number of amides is 1. The number of likely N-dealkylation sites (N-methyl/N-ethyl adjacent to an activating group) is 1. The second-order valence-corrected chi connectivity index (χ2v) is 13.0. The second kappa shape index (κ2) is 11.4. The number of aromatic hydroxyl groups is 1. The van der Waals surface area contributed by atoms with Crippen LogP contribution >= 0.6 is 0 Å². The number of likely N-dealkylation sites (tertiary alicyclic amines) is 1. The number of hydrogen-bond donors (Lipinski definition) is 5. The maximum atomic E-state index is 14.0. The zero-order valence-electron chi connectivity index (χ0n) is 25.2. The van der Waals surface area contributed by atoms with E-state index in [0.29, 0.717) is 11.3 Å². The number of nitrogens with two attached hydrogens (primary N) is 1. The van der Waals surface area contributed by atoms with E-state index in [1.54, 1.807) is 12.1 Å². The molecule has 2 aromatic rings. The Morgan fingerprint density at radius 3 is 2.33 bits per heavy atom. The van der Waals surface area contributed by atoms with Gasteiger partial charge in [-0.2, -0.15) is 0 Å². The number of Topliss-reactive ketones (excluding diaryl/α,β-unsaturated/α-hetero) is 4. The first-order chi connectivity index (χ1) is 21.4. The molecule has 1 aliphatic heterocycles. The Balaban J connectivity index is 1.26. The largest absolute Gasteiger partial charge is 0.505 e. The maximum absolute atomic E-state index is 14.0. The Kier molecular flexibility index (Phi) is 7.88. The zero-order valence-corrected chi connectivity index (χ0v) is 25.2. The molecule has 238 valence electrons. The van der Waals surface area contributed by atoms with E-state index in [4.69, 9.17) is 5.73 Å². The summed E-state index contributed by atoms with van der Waals surface area (Å²) in [7, 11) is 2.92. The lowest BCUT2D eigenvalue weighted by molar-refractivity contribution is -0.195. The fourth-order valence-corrected chi connectivity index (χ4v) is 8.00. The molecular formula is C33H38N4O8.